The van der Waals surface area contributed by atoms with Crippen molar-refractivity contribution in [3.8, 4) is 17.1 Å². The van der Waals surface area contributed by atoms with Gasteiger partial charge in [-0.15, -0.1) is 10.2 Å². The van der Waals surface area contributed by atoms with E-state index in [2.05, 4.69) is 26.6 Å². The number of H-pyrrole nitrogens is 1. The normalized spacial score (nSPS) is 11.0. The lowest BCUT2D eigenvalue weighted by molar-refractivity contribution is -0.118. The molecule has 2 aromatic heterocycles. The molecule has 4 aromatic rings. The van der Waals surface area contributed by atoms with E-state index in [4.69, 9.17) is 4.74 Å². The van der Waals surface area contributed by atoms with Crippen LogP contribution in [0.4, 0.5) is 0 Å². The molecule has 2 aromatic carbocycles. The Bertz CT molecular complexity index is 1170. The number of hydrogen-bond acceptors (Lipinski definition) is 5. The molecule has 0 fully saturated rings. The van der Waals surface area contributed by atoms with E-state index in [1.54, 1.807) is 7.11 Å². The molecule has 0 spiro atoms. The number of nitrogens with one attached hydrogen (secondary N) is 2. The highest BCUT2D eigenvalue weighted by Gasteiger charge is 2.15. The molecule has 0 radical (unpaired) electrons. The maximum Gasteiger partial charge on any atom is 0.230 e. The summed E-state index contributed by atoms with van der Waals surface area (Å²) in [6.45, 7) is 0.590. The van der Waals surface area contributed by atoms with E-state index in [-0.39, 0.29) is 11.7 Å². The number of aromatic amines is 1. The molecular weight excluding hydrogens is 398 g/mol. The van der Waals surface area contributed by atoms with Gasteiger partial charge in [-0.25, -0.2) is 0 Å². The number of carbonyl (C=O) groups excluding carboxylic acids is 1. The average molecular weight is 422 g/mol. The second-order valence-corrected chi connectivity index (χ2v) is 7.76. The lowest BCUT2D eigenvalue weighted by Crippen LogP contribution is -2.27. The maximum absolute atomic E-state index is 12.3. The highest BCUT2D eigenvalue weighted by atomic mass is 32.2. The minimum absolute atomic E-state index is 0.0262. The van der Waals surface area contributed by atoms with Crippen LogP contribution in [-0.4, -0.2) is 45.1 Å². The van der Waals surface area contributed by atoms with Crippen LogP contribution >= 0.6 is 11.8 Å². The Kier molecular flexibility index (Phi) is 6.04. The van der Waals surface area contributed by atoms with Crippen molar-refractivity contribution in [2.24, 2.45) is 7.05 Å². The molecule has 0 saturated carbocycles. The van der Waals surface area contributed by atoms with E-state index < -0.39 is 0 Å². The first-order valence-electron chi connectivity index (χ1n) is 9.64. The first-order chi connectivity index (χ1) is 14.7. The molecule has 4 rings (SSSR count). The van der Waals surface area contributed by atoms with Crippen LogP contribution in [0.2, 0.25) is 0 Å². The van der Waals surface area contributed by atoms with E-state index >= 15 is 0 Å². The minimum Gasteiger partial charge on any atom is -0.496 e. The van der Waals surface area contributed by atoms with Gasteiger partial charge in [0.1, 0.15) is 5.75 Å². The average Bonchev–Trinajstić information content (AvgIpc) is 3.35. The van der Waals surface area contributed by atoms with Gasteiger partial charge in [0.25, 0.3) is 0 Å². The summed E-state index contributed by atoms with van der Waals surface area (Å²) in [5.74, 6) is 1.70. The standard InChI is InChI=1S/C22H23N5O2S/c1-27-21(17-8-4-6-10-19(17)29-2)25-26-22(27)30-14-20(28)23-12-11-15-13-24-18-9-5-3-7-16(15)18/h3-10,13,24H,11-12,14H2,1-2H3,(H,23,28). The lowest BCUT2D eigenvalue weighted by atomic mass is 10.1. The van der Waals surface area contributed by atoms with Crippen molar-refractivity contribution in [3.63, 3.8) is 0 Å². The zero-order valence-electron chi connectivity index (χ0n) is 16.9. The Morgan fingerprint density at radius 2 is 1.97 bits per heavy atom. The van der Waals surface area contributed by atoms with Crippen molar-refractivity contribution < 1.29 is 9.53 Å². The summed E-state index contributed by atoms with van der Waals surface area (Å²) in [5, 5.41) is 13.4. The monoisotopic (exact) mass is 421 g/mol. The summed E-state index contributed by atoms with van der Waals surface area (Å²) in [5.41, 5.74) is 3.18. The third-order valence-electron chi connectivity index (χ3n) is 4.91. The molecule has 8 heteroatoms. The zero-order valence-corrected chi connectivity index (χ0v) is 17.7. The van der Waals surface area contributed by atoms with Gasteiger partial charge >= 0.3 is 0 Å². The van der Waals surface area contributed by atoms with Crippen molar-refractivity contribution >= 4 is 28.6 Å². The molecule has 0 aliphatic heterocycles. The molecule has 0 atom stereocenters. The Labute approximate surface area is 178 Å². The van der Waals surface area contributed by atoms with E-state index in [9.17, 15) is 4.79 Å². The van der Waals surface area contributed by atoms with E-state index in [1.807, 2.05) is 60.3 Å². The van der Waals surface area contributed by atoms with Crippen LogP contribution in [0.3, 0.4) is 0 Å². The predicted molar refractivity (Wildman–Crippen MR) is 119 cm³/mol. The van der Waals surface area contributed by atoms with E-state index in [1.165, 1.54) is 22.7 Å². The fraction of sp³-hybridized carbons (Fsp3) is 0.227. The first kappa shape index (κ1) is 20.0. The van der Waals surface area contributed by atoms with Crippen LogP contribution in [-0.2, 0) is 18.3 Å². The van der Waals surface area contributed by atoms with Gasteiger partial charge in [-0.3, -0.25) is 4.79 Å². The summed E-state index contributed by atoms with van der Waals surface area (Å²) in [6.07, 6.45) is 2.78. The summed E-state index contributed by atoms with van der Waals surface area (Å²) >= 11 is 1.36. The van der Waals surface area contributed by atoms with Crippen molar-refractivity contribution in [2.45, 2.75) is 11.6 Å². The lowest BCUT2D eigenvalue weighted by Gasteiger charge is -2.08. The van der Waals surface area contributed by atoms with Gasteiger partial charge in [-0.2, -0.15) is 0 Å². The number of carbonyl (C=O) groups is 1. The molecule has 0 saturated heterocycles. The SMILES string of the molecule is COc1ccccc1-c1nnc(SCC(=O)NCCc2c[nH]c3ccccc23)n1C. The number of rotatable bonds is 8. The molecule has 0 aliphatic carbocycles. The van der Waals surface area contributed by atoms with Crippen LogP contribution in [0, 0.1) is 0 Å². The second-order valence-electron chi connectivity index (χ2n) is 6.81. The molecule has 2 heterocycles. The number of para-hydroxylation sites is 2. The summed E-state index contributed by atoms with van der Waals surface area (Å²) < 4.78 is 7.29. The Hall–Kier alpha value is -3.26. The molecule has 30 heavy (non-hydrogen) atoms. The third kappa shape index (κ3) is 4.18. The van der Waals surface area contributed by atoms with Crippen LogP contribution in [0.5, 0.6) is 5.75 Å². The molecule has 154 valence electrons. The topological polar surface area (TPSA) is 84.8 Å². The third-order valence-corrected chi connectivity index (χ3v) is 5.93. The number of nitrogens with zero attached hydrogens (tertiary/aromatic N) is 3. The number of thioether (sulfide) groups is 1. The Morgan fingerprint density at radius 3 is 2.83 bits per heavy atom. The molecule has 0 aliphatic rings. The number of amides is 1. The number of methoxy groups -OCH3 is 1. The minimum atomic E-state index is -0.0262. The maximum atomic E-state index is 12.3. The van der Waals surface area contributed by atoms with Crippen LogP contribution in [0.25, 0.3) is 22.3 Å². The van der Waals surface area contributed by atoms with Crippen molar-refractivity contribution in [1.29, 1.82) is 0 Å². The number of fused-ring (bicyclic) bond motifs is 1. The van der Waals surface area contributed by atoms with Gasteiger partial charge < -0.3 is 19.6 Å². The molecule has 1 amide bonds. The largest absolute Gasteiger partial charge is 0.496 e. The first-order valence-corrected chi connectivity index (χ1v) is 10.6. The van der Waals surface area contributed by atoms with Crippen molar-refractivity contribution in [3.05, 3.63) is 60.3 Å². The number of aromatic nitrogens is 4. The highest BCUT2D eigenvalue weighted by molar-refractivity contribution is 7.99. The van der Waals surface area contributed by atoms with Crippen LogP contribution < -0.4 is 10.1 Å². The van der Waals surface area contributed by atoms with Gasteiger partial charge in [-0.1, -0.05) is 42.1 Å². The van der Waals surface area contributed by atoms with E-state index in [0.717, 1.165) is 23.3 Å². The van der Waals surface area contributed by atoms with Gasteiger partial charge in [-0.05, 0) is 30.2 Å². The van der Waals surface area contributed by atoms with Gasteiger partial charge in [0, 0.05) is 30.7 Å². The molecular formula is C22H23N5O2S. The predicted octanol–water partition coefficient (Wildman–Crippen LogP) is 3.42. The van der Waals surface area contributed by atoms with Gasteiger partial charge in [0.05, 0.1) is 18.4 Å². The molecule has 0 unspecified atom stereocenters. The second kappa shape index (κ2) is 9.04. The molecule has 2 N–H and O–H groups in total. The number of benzene rings is 2. The summed E-state index contributed by atoms with van der Waals surface area (Å²) in [4.78, 5) is 15.5. The molecule has 7 nitrogen and oxygen atoms in total. The van der Waals surface area contributed by atoms with Gasteiger partial charge in [0.2, 0.25) is 5.91 Å². The quantitative estimate of drug-likeness (QED) is 0.426. The number of hydrogen-bond donors (Lipinski definition) is 2. The Balaban J connectivity index is 1.31. The Morgan fingerprint density at radius 1 is 1.17 bits per heavy atom. The van der Waals surface area contributed by atoms with Crippen molar-refractivity contribution in [1.82, 2.24) is 25.1 Å². The smallest absolute Gasteiger partial charge is 0.230 e. The summed E-state index contributed by atoms with van der Waals surface area (Å²) in [7, 11) is 3.52. The van der Waals surface area contributed by atoms with Gasteiger partial charge in [0.15, 0.2) is 11.0 Å². The van der Waals surface area contributed by atoms with E-state index in [0.29, 0.717) is 17.5 Å². The fourth-order valence-corrected chi connectivity index (χ4v) is 4.10. The highest BCUT2D eigenvalue weighted by Crippen LogP contribution is 2.29. The van der Waals surface area contributed by atoms with Crippen molar-refractivity contribution in [2.75, 3.05) is 19.4 Å². The zero-order chi connectivity index (χ0) is 20.9. The van der Waals surface area contributed by atoms with Crippen LogP contribution in [0.15, 0.2) is 59.9 Å². The molecule has 0 bridgehead atoms. The fourth-order valence-electron chi connectivity index (χ4n) is 3.36. The summed E-state index contributed by atoms with van der Waals surface area (Å²) in [6, 6.07) is 15.8. The van der Waals surface area contributed by atoms with Crippen LogP contribution in [0.1, 0.15) is 5.56 Å². The number of ether oxygens (including phenoxy) is 1.